The van der Waals surface area contributed by atoms with E-state index in [9.17, 15) is 0 Å². The van der Waals surface area contributed by atoms with Gasteiger partial charge in [0.05, 0.1) is 0 Å². The zero-order chi connectivity index (χ0) is 27.7. The van der Waals surface area contributed by atoms with E-state index in [1.165, 1.54) is 38.9 Å². The highest BCUT2D eigenvalue weighted by Gasteiger charge is 2.26. The first kappa shape index (κ1) is 31.7. The molecule has 0 fully saturated rings. The smallest absolute Gasteiger partial charge is 0.326 e. The summed E-state index contributed by atoms with van der Waals surface area (Å²) in [6, 6.07) is 24.1. The maximum Gasteiger partial charge on any atom is 0.692 e. The zero-order valence-electron chi connectivity index (χ0n) is 21.6. The molecule has 36 heavy (non-hydrogen) atoms. The molecule has 0 spiro atoms. The summed E-state index contributed by atoms with van der Waals surface area (Å²) in [6.07, 6.45) is 0. The predicted octanol–water partition coefficient (Wildman–Crippen LogP) is 6.33. The van der Waals surface area contributed by atoms with Gasteiger partial charge in [-0.2, -0.15) is 0 Å². The molecule has 0 aliphatic heterocycles. The van der Waals surface area contributed by atoms with Gasteiger partial charge in [0.15, 0.2) is 0 Å². The van der Waals surface area contributed by atoms with Gasteiger partial charge in [0, 0.05) is 15.7 Å². The molecule has 0 heterocycles. The van der Waals surface area contributed by atoms with E-state index >= 15 is 0 Å². The SMILES string of the molecule is CC(C)(C)c1ccc(C(C)(C)C)c(-c2ccc(-c3ccccc3)cc2)c1CN.O=[P+](O)O.O=[P+](O)O. The average Bonchev–Trinajstić information content (AvgIpc) is 2.77. The summed E-state index contributed by atoms with van der Waals surface area (Å²) in [5.74, 6) is 0. The van der Waals surface area contributed by atoms with Crippen molar-refractivity contribution in [3.8, 4) is 22.3 Å². The predicted molar refractivity (Wildman–Crippen MR) is 147 cm³/mol. The van der Waals surface area contributed by atoms with Gasteiger partial charge >= 0.3 is 16.5 Å². The Morgan fingerprint density at radius 2 is 0.972 bits per heavy atom. The number of rotatable bonds is 3. The minimum Gasteiger partial charge on any atom is -0.326 e. The average molecular weight is 534 g/mol. The summed E-state index contributed by atoms with van der Waals surface area (Å²) in [6.45, 7) is 14.2. The van der Waals surface area contributed by atoms with Crippen molar-refractivity contribution in [3.63, 3.8) is 0 Å². The molecule has 0 atom stereocenters. The Hall–Kier alpha value is -2.34. The summed E-state index contributed by atoms with van der Waals surface area (Å²) in [5, 5.41) is 0. The summed E-state index contributed by atoms with van der Waals surface area (Å²) < 4.78 is 17.4. The van der Waals surface area contributed by atoms with Crippen LogP contribution >= 0.6 is 16.5 Å². The van der Waals surface area contributed by atoms with Gasteiger partial charge in [-0.1, -0.05) is 108 Å². The molecular formula is C27H37NO6P2+2. The van der Waals surface area contributed by atoms with Crippen LogP contribution in [0.4, 0.5) is 0 Å². The molecule has 0 aromatic heterocycles. The van der Waals surface area contributed by atoms with E-state index in [2.05, 4.69) is 108 Å². The van der Waals surface area contributed by atoms with E-state index in [-0.39, 0.29) is 10.8 Å². The summed E-state index contributed by atoms with van der Waals surface area (Å²) >= 11 is 0. The fourth-order valence-corrected chi connectivity index (χ4v) is 3.98. The van der Waals surface area contributed by atoms with Crippen LogP contribution in [0.25, 0.3) is 22.3 Å². The van der Waals surface area contributed by atoms with E-state index in [0.717, 1.165) is 0 Å². The van der Waals surface area contributed by atoms with E-state index in [4.69, 9.17) is 34.4 Å². The molecule has 6 N–H and O–H groups in total. The maximum absolute atomic E-state index is 8.70. The van der Waals surface area contributed by atoms with Gasteiger partial charge in [0.25, 0.3) is 0 Å². The third-order valence-corrected chi connectivity index (χ3v) is 5.41. The van der Waals surface area contributed by atoms with Crippen LogP contribution in [-0.4, -0.2) is 19.6 Å². The van der Waals surface area contributed by atoms with Crippen molar-refractivity contribution >= 4 is 16.5 Å². The quantitative estimate of drug-likeness (QED) is 0.248. The van der Waals surface area contributed by atoms with E-state index < -0.39 is 16.5 Å². The molecule has 0 unspecified atom stereocenters. The Balaban J connectivity index is 0.000000709. The molecule has 3 aromatic rings. The summed E-state index contributed by atoms with van der Waals surface area (Å²) in [4.78, 5) is 28.5. The molecule has 0 bridgehead atoms. The highest BCUT2D eigenvalue weighted by Crippen LogP contribution is 2.40. The van der Waals surface area contributed by atoms with Gasteiger partial charge in [-0.05, 0) is 49.8 Å². The number of nitrogens with two attached hydrogens (primary N) is 1. The molecule has 0 aliphatic rings. The van der Waals surface area contributed by atoms with Crippen molar-refractivity contribution in [2.24, 2.45) is 5.73 Å². The van der Waals surface area contributed by atoms with E-state index in [1.54, 1.807) is 0 Å². The molecular weight excluding hydrogens is 496 g/mol. The van der Waals surface area contributed by atoms with Gasteiger partial charge in [0.1, 0.15) is 0 Å². The molecule has 0 amide bonds. The monoisotopic (exact) mass is 533 g/mol. The van der Waals surface area contributed by atoms with Crippen molar-refractivity contribution in [1.82, 2.24) is 0 Å². The second-order valence-electron chi connectivity index (χ2n) is 10.2. The molecule has 3 rings (SSSR count). The second kappa shape index (κ2) is 13.8. The van der Waals surface area contributed by atoms with E-state index in [0.29, 0.717) is 6.54 Å². The molecule has 194 valence electrons. The first-order valence-electron chi connectivity index (χ1n) is 11.3. The summed E-state index contributed by atoms with van der Waals surface area (Å²) in [7, 11) is -5.74. The molecule has 0 saturated carbocycles. The van der Waals surface area contributed by atoms with Crippen LogP contribution < -0.4 is 5.73 Å². The highest BCUT2D eigenvalue weighted by molar-refractivity contribution is 7.31. The lowest BCUT2D eigenvalue weighted by Gasteiger charge is -2.30. The fourth-order valence-electron chi connectivity index (χ4n) is 3.98. The van der Waals surface area contributed by atoms with Crippen LogP contribution in [0.3, 0.4) is 0 Å². The van der Waals surface area contributed by atoms with Gasteiger partial charge in [-0.25, -0.2) is 0 Å². The van der Waals surface area contributed by atoms with Crippen molar-refractivity contribution in [2.75, 3.05) is 0 Å². The minimum absolute atomic E-state index is 0.0494. The number of benzene rings is 3. The van der Waals surface area contributed by atoms with Crippen molar-refractivity contribution in [1.29, 1.82) is 0 Å². The lowest BCUT2D eigenvalue weighted by molar-refractivity contribution is 0.403. The van der Waals surface area contributed by atoms with Gasteiger partial charge < -0.3 is 5.73 Å². The normalized spacial score (nSPS) is 11.0. The van der Waals surface area contributed by atoms with Crippen molar-refractivity contribution in [2.45, 2.75) is 58.9 Å². The van der Waals surface area contributed by atoms with Gasteiger partial charge in [-0.15, -0.1) is 19.6 Å². The van der Waals surface area contributed by atoms with Crippen molar-refractivity contribution < 1.29 is 28.7 Å². The fraction of sp³-hybridized carbons (Fsp3) is 0.333. The molecule has 0 radical (unpaired) electrons. The van der Waals surface area contributed by atoms with Crippen LogP contribution in [0.5, 0.6) is 0 Å². The first-order chi connectivity index (χ1) is 16.6. The van der Waals surface area contributed by atoms with Crippen LogP contribution in [-0.2, 0) is 26.5 Å². The third kappa shape index (κ3) is 9.96. The lowest BCUT2D eigenvalue weighted by atomic mass is 9.74. The Morgan fingerprint density at radius 3 is 1.36 bits per heavy atom. The van der Waals surface area contributed by atoms with Crippen LogP contribution in [0, 0.1) is 0 Å². The Labute approximate surface area is 215 Å². The van der Waals surface area contributed by atoms with Crippen LogP contribution in [0.2, 0.25) is 0 Å². The Morgan fingerprint density at radius 1 is 0.611 bits per heavy atom. The molecule has 3 aromatic carbocycles. The van der Waals surface area contributed by atoms with Gasteiger partial charge in [-0.3, -0.25) is 0 Å². The van der Waals surface area contributed by atoms with Gasteiger partial charge in [0.2, 0.25) is 0 Å². The van der Waals surface area contributed by atoms with Crippen molar-refractivity contribution in [3.05, 3.63) is 83.4 Å². The third-order valence-electron chi connectivity index (χ3n) is 5.41. The van der Waals surface area contributed by atoms with E-state index in [1.807, 2.05) is 0 Å². The standard InChI is InChI=1S/C27H33N.2HO3P/c1-26(2,3)23-16-17-24(27(4,5)6)25(22(23)18-28)21-14-12-20(13-15-21)19-10-8-7-9-11-19;2*1-4(2)3/h7-17H,18,28H2,1-6H3;2*(H-,1,2,3)/p+2. The maximum atomic E-state index is 8.70. The first-order valence-corrected chi connectivity index (χ1v) is 13.6. The number of hydrogen-bond acceptors (Lipinski definition) is 3. The highest BCUT2D eigenvalue weighted by atomic mass is 31.1. The Bertz CT molecular complexity index is 1130. The minimum atomic E-state index is -2.87. The molecule has 0 aliphatic carbocycles. The summed E-state index contributed by atoms with van der Waals surface area (Å²) in [5.41, 5.74) is 15.4. The zero-order valence-corrected chi connectivity index (χ0v) is 23.4. The topological polar surface area (TPSA) is 141 Å². The molecule has 7 nitrogen and oxygen atoms in total. The van der Waals surface area contributed by atoms with Crippen LogP contribution in [0.15, 0.2) is 66.7 Å². The Kier molecular flexibility index (Phi) is 12.2. The lowest BCUT2D eigenvalue weighted by Crippen LogP contribution is -2.21. The second-order valence-corrected chi connectivity index (χ2v) is 11.2. The number of hydrogen-bond donors (Lipinski definition) is 5. The molecule has 0 saturated heterocycles. The largest absolute Gasteiger partial charge is 0.692 e. The molecule has 9 heteroatoms. The van der Waals surface area contributed by atoms with Crippen LogP contribution in [0.1, 0.15) is 58.2 Å².